The van der Waals surface area contributed by atoms with E-state index in [0.717, 1.165) is 12.8 Å². The van der Waals surface area contributed by atoms with E-state index in [1.165, 1.54) is 6.07 Å². The number of hydrogen-bond acceptors (Lipinski definition) is 3. The molecule has 4 N–H and O–H groups in total. The molecule has 1 aliphatic carbocycles. The molecule has 0 amide bonds. The molecule has 0 bridgehead atoms. The molecule has 5 nitrogen and oxygen atoms in total. The number of halogens is 2. The summed E-state index contributed by atoms with van der Waals surface area (Å²) >= 11 is 0. The molecule has 98 valence electrons. The molecular weight excluding hydrogens is 242 g/mol. The lowest BCUT2D eigenvalue weighted by molar-refractivity contribution is -0.0493. The first kappa shape index (κ1) is 12.6. The van der Waals surface area contributed by atoms with Crippen molar-refractivity contribution in [2.45, 2.75) is 25.5 Å². The summed E-state index contributed by atoms with van der Waals surface area (Å²) in [6, 6.07) is 6.62. The molecule has 0 radical (unpaired) electrons. The molecule has 7 heteroatoms. The van der Waals surface area contributed by atoms with Gasteiger partial charge in [0.2, 0.25) is 5.96 Å². The molecule has 1 aliphatic rings. The second-order valence-corrected chi connectivity index (χ2v) is 3.85. The van der Waals surface area contributed by atoms with Crippen molar-refractivity contribution < 1.29 is 13.5 Å². The van der Waals surface area contributed by atoms with Crippen LogP contribution in [0.4, 0.5) is 14.5 Å². The topological polar surface area (TPSA) is 71.7 Å². The van der Waals surface area contributed by atoms with Crippen LogP contribution in [-0.2, 0) is 0 Å². The molecule has 0 atom stereocenters. The number of ether oxygens (including phenoxy) is 1. The number of nitrogens with zero attached hydrogens (tertiary/aromatic N) is 1. The van der Waals surface area contributed by atoms with Crippen molar-refractivity contribution in [3.8, 4) is 5.75 Å². The minimum absolute atomic E-state index is 0.0475. The average molecular weight is 256 g/mol. The van der Waals surface area contributed by atoms with Crippen molar-refractivity contribution in [1.29, 1.82) is 0 Å². The zero-order valence-electron chi connectivity index (χ0n) is 9.57. The Labute approximate surface area is 103 Å². The number of alkyl halides is 2. The van der Waals surface area contributed by atoms with Gasteiger partial charge < -0.3 is 10.1 Å². The minimum Gasteiger partial charge on any atom is -0.433 e. The van der Waals surface area contributed by atoms with Gasteiger partial charge in [-0.2, -0.15) is 8.78 Å². The van der Waals surface area contributed by atoms with Crippen LogP contribution in [0.1, 0.15) is 12.8 Å². The number of nitrogens with two attached hydrogens (primary N) is 1. The van der Waals surface area contributed by atoms with E-state index in [4.69, 9.17) is 5.84 Å². The second-order valence-electron chi connectivity index (χ2n) is 3.85. The summed E-state index contributed by atoms with van der Waals surface area (Å²) < 4.78 is 28.8. The summed E-state index contributed by atoms with van der Waals surface area (Å²) in [6.07, 6.45) is 2.03. The number of para-hydroxylation sites is 2. The predicted octanol–water partition coefficient (Wildman–Crippen LogP) is 1.68. The Hall–Kier alpha value is -1.89. The maximum atomic E-state index is 12.2. The molecule has 0 aliphatic heterocycles. The second kappa shape index (κ2) is 5.63. The van der Waals surface area contributed by atoms with Crippen molar-refractivity contribution in [2.75, 3.05) is 5.32 Å². The van der Waals surface area contributed by atoms with Crippen LogP contribution in [0.5, 0.6) is 5.75 Å². The lowest BCUT2D eigenvalue weighted by Crippen LogP contribution is -2.36. The lowest BCUT2D eigenvalue weighted by Gasteiger charge is -2.13. The molecule has 1 aromatic rings. The van der Waals surface area contributed by atoms with E-state index < -0.39 is 6.61 Å². The molecule has 2 rings (SSSR count). The van der Waals surface area contributed by atoms with Crippen molar-refractivity contribution in [1.82, 2.24) is 5.43 Å². The van der Waals surface area contributed by atoms with Crippen LogP contribution in [-0.4, -0.2) is 18.6 Å². The summed E-state index contributed by atoms with van der Waals surface area (Å²) in [7, 11) is 0. The van der Waals surface area contributed by atoms with Gasteiger partial charge in [-0.15, -0.1) is 0 Å². The monoisotopic (exact) mass is 256 g/mol. The fourth-order valence-corrected chi connectivity index (χ4v) is 1.39. The summed E-state index contributed by atoms with van der Waals surface area (Å²) in [5.74, 6) is 5.70. The molecule has 0 spiro atoms. The average Bonchev–Trinajstić information content (AvgIpc) is 3.14. The molecule has 1 fully saturated rings. The third-order valence-corrected chi connectivity index (χ3v) is 2.35. The van der Waals surface area contributed by atoms with E-state index in [1.807, 2.05) is 0 Å². The van der Waals surface area contributed by atoms with Gasteiger partial charge in [0, 0.05) is 0 Å². The number of anilines is 1. The highest BCUT2D eigenvalue weighted by atomic mass is 19.3. The molecule has 0 saturated heterocycles. The van der Waals surface area contributed by atoms with E-state index in [-0.39, 0.29) is 11.8 Å². The Morgan fingerprint density at radius 1 is 1.39 bits per heavy atom. The molecule has 1 aromatic carbocycles. The zero-order valence-corrected chi connectivity index (χ0v) is 9.57. The Bertz CT molecular complexity index is 435. The highest BCUT2D eigenvalue weighted by Crippen LogP contribution is 2.27. The minimum atomic E-state index is -2.87. The summed E-state index contributed by atoms with van der Waals surface area (Å²) in [6.45, 7) is -2.87. The molecular formula is C11H14F2N4O. The highest BCUT2D eigenvalue weighted by Gasteiger charge is 2.21. The first-order valence-electron chi connectivity index (χ1n) is 5.54. The maximum Gasteiger partial charge on any atom is 0.387 e. The van der Waals surface area contributed by atoms with Gasteiger partial charge in [-0.3, -0.25) is 5.43 Å². The SMILES string of the molecule is NNC(=NC1CC1)Nc1ccccc1OC(F)F. The first-order valence-corrected chi connectivity index (χ1v) is 5.54. The van der Waals surface area contributed by atoms with E-state index in [9.17, 15) is 8.78 Å². The van der Waals surface area contributed by atoms with Gasteiger partial charge in [-0.05, 0) is 25.0 Å². The molecule has 1 saturated carbocycles. The normalized spacial score (nSPS) is 15.7. The Kier molecular flexibility index (Phi) is 3.93. The highest BCUT2D eigenvalue weighted by molar-refractivity contribution is 5.94. The largest absolute Gasteiger partial charge is 0.433 e. The number of aliphatic imine (C=N–C) groups is 1. The Morgan fingerprint density at radius 3 is 2.72 bits per heavy atom. The van der Waals surface area contributed by atoms with Crippen molar-refractivity contribution >= 4 is 11.6 Å². The number of rotatable bonds is 4. The smallest absolute Gasteiger partial charge is 0.387 e. The van der Waals surface area contributed by atoms with Gasteiger partial charge in [0.1, 0.15) is 5.75 Å². The molecule has 18 heavy (non-hydrogen) atoms. The third kappa shape index (κ3) is 3.56. The van der Waals surface area contributed by atoms with Crippen LogP contribution in [0.2, 0.25) is 0 Å². The van der Waals surface area contributed by atoms with E-state index in [1.54, 1.807) is 18.2 Å². The fourth-order valence-electron chi connectivity index (χ4n) is 1.39. The fraction of sp³-hybridized carbons (Fsp3) is 0.364. The molecule has 0 aromatic heterocycles. The number of benzene rings is 1. The molecule has 0 unspecified atom stereocenters. The van der Waals surface area contributed by atoms with Crippen molar-refractivity contribution in [3.05, 3.63) is 24.3 Å². The van der Waals surface area contributed by atoms with E-state index >= 15 is 0 Å². The van der Waals surface area contributed by atoms with E-state index in [0.29, 0.717) is 11.6 Å². The van der Waals surface area contributed by atoms with Crippen LogP contribution < -0.4 is 21.3 Å². The first-order chi connectivity index (χ1) is 8.69. The van der Waals surface area contributed by atoms with Crippen LogP contribution in [0.3, 0.4) is 0 Å². The van der Waals surface area contributed by atoms with Gasteiger partial charge >= 0.3 is 6.61 Å². The van der Waals surface area contributed by atoms with Crippen LogP contribution in [0.25, 0.3) is 0 Å². The standard InChI is InChI=1S/C11H14F2N4O/c12-10(13)18-9-4-2-1-3-8(9)16-11(17-14)15-7-5-6-7/h1-4,7,10H,5-6,14H2,(H2,15,16,17). The quantitative estimate of drug-likeness (QED) is 0.332. The van der Waals surface area contributed by atoms with Crippen LogP contribution >= 0.6 is 0 Å². The van der Waals surface area contributed by atoms with Crippen molar-refractivity contribution in [2.24, 2.45) is 10.8 Å². The van der Waals surface area contributed by atoms with Crippen LogP contribution in [0.15, 0.2) is 29.3 Å². The van der Waals surface area contributed by atoms with Crippen LogP contribution in [0, 0.1) is 0 Å². The third-order valence-electron chi connectivity index (χ3n) is 2.35. The number of hydrazine groups is 1. The van der Waals surface area contributed by atoms with Gasteiger partial charge in [0.15, 0.2) is 0 Å². The molecule has 0 heterocycles. The number of nitrogens with one attached hydrogen (secondary N) is 2. The van der Waals surface area contributed by atoms with Gasteiger partial charge in [-0.1, -0.05) is 12.1 Å². The maximum absolute atomic E-state index is 12.2. The van der Waals surface area contributed by atoms with Crippen molar-refractivity contribution in [3.63, 3.8) is 0 Å². The summed E-state index contributed by atoms with van der Waals surface area (Å²) in [4.78, 5) is 4.25. The van der Waals surface area contributed by atoms with Gasteiger partial charge in [-0.25, -0.2) is 10.8 Å². The summed E-state index contributed by atoms with van der Waals surface area (Å²) in [5, 5.41) is 2.83. The van der Waals surface area contributed by atoms with Gasteiger partial charge in [0.05, 0.1) is 11.7 Å². The zero-order chi connectivity index (χ0) is 13.0. The number of guanidine groups is 1. The van der Waals surface area contributed by atoms with E-state index in [2.05, 4.69) is 20.5 Å². The number of hydrogen-bond donors (Lipinski definition) is 3. The van der Waals surface area contributed by atoms with Gasteiger partial charge in [0.25, 0.3) is 0 Å². The Balaban J connectivity index is 2.11. The predicted molar refractivity (Wildman–Crippen MR) is 64.5 cm³/mol. The Morgan fingerprint density at radius 2 is 2.11 bits per heavy atom. The lowest BCUT2D eigenvalue weighted by atomic mass is 10.3. The summed E-state index contributed by atoms with van der Waals surface area (Å²) in [5.41, 5.74) is 2.78.